The maximum atomic E-state index is 4.41. The third-order valence-corrected chi connectivity index (χ3v) is 2.90. The zero-order valence-corrected chi connectivity index (χ0v) is 9.43. The summed E-state index contributed by atoms with van der Waals surface area (Å²) in [6, 6.07) is 2.08. The predicted octanol–water partition coefficient (Wildman–Crippen LogP) is 2.31. The molecule has 0 aliphatic rings. The summed E-state index contributed by atoms with van der Waals surface area (Å²) in [5, 5.41) is 7.60. The van der Waals surface area contributed by atoms with E-state index < -0.39 is 0 Å². The maximum Gasteiger partial charge on any atom is 0.0898 e. The maximum absolute atomic E-state index is 4.41. The molecule has 74 valence electrons. The highest BCUT2D eigenvalue weighted by Crippen LogP contribution is 2.10. The Balaban J connectivity index is 2.22. The monoisotopic (exact) mass is 207 g/mol. The van der Waals surface area contributed by atoms with Crippen LogP contribution in [0, 0.1) is 20.8 Å². The molecule has 0 saturated heterocycles. The molecule has 0 spiro atoms. The molecule has 14 heavy (non-hydrogen) atoms. The summed E-state index contributed by atoms with van der Waals surface area (Å²) in [5.74, 6) is 0. The van der Waals surface area contributed by atoms with Gasteiger partial charge in [-0.15, -0.1) is 11.3 Å². The Kier molecular flexibility index (Phi) is 2.37. The normalized spacial score (nSPS) is 10.8. The second-order valence-corrected chi connectivity index (χ2v) is 4.50. The van der Waals surface area contributed by atoms with Crippen LogP contribution in [0.3, 0.4) is 0 Å². The van der Waals surface area contributed by atoms with Gasteiger partial charge in [-0.25, -0.2) is 4.98 Å². The third kappa shape index (κ3) is 1.85. The Morgan fingerprint density at radius 3 is 2.64 bits per heavy atom. The van der Waals surface area contributed by atoms with Crippen molar-refractivity contribution in [2.45, 2.75) is 27.3 Å². The highest BCUT2D eigenvalue weighted by Gasteiger charge is 2.03. The highest BCUT2D eigenvalue weighted by molar-refractivity contribution is 7.09. The molecule has 0 N–H and O–H groups in total. The number of aryl methyl sites for hydroxylation is 3. The molecule has 4 heteroatoms. The highest BCUT2D eigenvalue weighted by atomic mass is 32.1. The molecule has 0 aliphatic heterocycles. The van der Waals surface area contributed by atoms with Crippen LogP contribution in [0.2, 0.25) is 0 Å². The minimum absolute atomic E-state index is 0.782. The lowest BCUT2D eigenvalue weighted by Crippen LogP contribution is -2.04. The van der Waals surface area contributed by atoms with E-state index in [4.69, 9.17) is 0 Å². The van der Waals surface area contributed by atoms with Crippen molar-refractivity contribution in [2.75, 3.05) is 0 Å². The number of hydrogen-bond donors (Lipinski definition) is 0. The standard InChI is InChI=1S/C10H13N3S/c1-7-4-8(2)13(12-7)5-10-6-14-9(3)11-10/h4,6H,5H2,1-3H3. The van der Waals surface area contributed by atoms with Crippen LogP contribution in [-0.4, -0.2) is 14.8 Å². The van der Waals surface area contributed by atoms with Gasteiger partial charge in [-0.1, -0.05) is 0 Å². The zero-order chi connectivity index (χ0) is 10.1. The van der Waals surface area contributed by atoms with Crippen LogP contribution in [0.15, 0.2) is 11.4 Å². The molecule has 0 atom stereocenters. The third-order valence-electron chi connectivity index (χ3n) is 2.08. The van der Waals surface area contributed by atoms with E-state index in [1.807, 2.05) is 18.5 Å². The minimum atomic E-state index is 0.782. The summed E-state index contributed by atoms with van der Waals surface area (Å²) in [6.07, 6.45) is 0. The van der Waals surface area contributed by atoms with Gasteiger partial charge in [0, 0.05) is 11.1 Å². The van der Waals surface area contributed by atoms with Gasteiger partial charge in [0.2, 0.25) is 0 Å². The van der Waals surface area contributed by atoms with Crippen molar-refractivity contribution in [2.24, 2.45) is 0 Å². The molecule has 2 rings (SSSR count). The minimum Gasteiger partial charge on any atom is -0.264 e. The van der Waals surface area contributed by atoms with Crippen LogP contribution in [0.25, 0.3) is 0 Å². The largest absolute Gasteiger partial charge is 0.264 e. The SMILES string of the molecule is Cc1cc(C)n(Cc2csc(C)n2)n1. The molecular weight excluding hydrogens is 194 g/mol. The first-order chi connectivity index (χ1) is 6.65. The average molecular weight is 207 g/mol. The van der Waals surface area contributed by atoms with E-state index in [1.165, 1.54) is 5.69 Å². The molecule has 0 bridgehead atoms. The number of hydrogen-bond acceptors (Lipinski definition) is 3. The van der Waals surface area contributed by atoms with Crippen molar-refractivity contribution in [1.29, 1.82) is 0 Å². The van der Waals surface area contributed by atoms with E-state index in [1.54, 1.807) is 11.3 Å². The fourth-order valence-electron chi connectivity index (χ4n) is 1.47. The Bertz CT molecular complexity index is 442. The van der Waals surface area contributed by atoms with Crippen molar-refractivity contribution >= 4 is 11.3 Å². The Labute approximate surface area is 87.4 Å². The second kappa shape index (κ2) is 3.53. The molecule has 0 fully saturated rings. The fourth-order valence-corrected chi connectivity index (χ4v) is 2.07. The fraction of sp³-hybridized carbons (Fsp3) is 0.400. The van der Waals surface area contributed by atoms with E-state index in [-0.39, 0.29) is 0 Å². The number of nitrogens with zero attached hydrogens (tertiary/aromatic N) is 3. The van der Waals surface area contributed by atoms with Gasteiger partial charge in [0.05, 0.1) is 22.9 Å². The number of thiazole rings is 1. The summed E-state index contributed by atoms with van der Waals surface area (Å²) in [6.45, 7) is 6.88. The van der Waals surface area contributed by atoms with Crippen molar-refractivity contribution in [3.63, 3.8) is 0 Å². The lowest BCUT2D eigenvalue weighted by atomic mass is 10.4. The summed E-state index contributed by atoms with van der Waals surface area (Å²) in [7, 11) is 0. The van der Waals surface area contributed by atoms with E-state index in [0.29, 0.717) is 0 Å². The van der Waals surface area contributed by atoms with Crippen LogP contribution in [0.1, 0.15) is 22.1 Å². The van der Waals surface area contributed by atoms with Crippen molar-refractivity contribution in [3.8, 4) is 0 Å². The van der Waals surface area contributed by atoms with E-state index in [9.17, 15) is 0 Å². The van der Waals surface area contributed by atoms with Crippen molar-refractivity contribution in [1.82, 2.24) is 14.8 Å². The van der Waals surface area contributed by atoms with Gasteiger partial charge in [0.25, 0.3) is 0 Å². The van der Waals surface area contributed by atoms with Gasteiger partial charge in [-0.3, -0.25) is 4.68 Å². The Hall–Kier alpha value is -1.16. The molecule has 2 aromatic rings. The lowest BCUT2D eigenvalue weighted by molar-refractivity contribution is 0.648. The van der Waals surface area contributed by atoms with Gasteiger partial charge in [0.15, 0.2) is 0 Å². The van der Waals surface area contributed by atoms with Gasteiger partial charge >= 0.3 is 0 Å². The molecule has 3 nitrogen and oxygen atoms in total. The topological polar surface area (TPSA) is 30.7 Å². The van der Waals surface area contributed by atoms with E-state index in [0.717, 1.165) is 22.9 Å². The molecule has 0 aromatic carbocycles. The van der Waals surface area contributed by atoms with E-state index >= 15 is 0 Å². The molecule has 0 unspecified atom stereocenters. The first-order valence-electron chi connectivity index (χ1n) is 4.57. The van der Waals surface area contributed by atoms with Crippen LogP contribution >= 0.6 is 11.3 Å². The number of aromatic nitrogens is 3. The molecule has 0 radical (unpaired) electrons. The van der Waals surface area contributed by atoms with Gasteiger partial charge in [0.1, 0.15) is 0 Å². The van der Waals surface area contributed by atoms with Gasteiger partial charge < -0.3 is 0 Å². The molecule has 2 heterocycles. The Morgan fingerprint density at radius 2 is 2.14 bits per heavy atom. The predicted molar refractivity (Wildman–Crippen MR) is 57.7 cm³/mol. The smallest absolute Gasteiger partial charge is 0.0898 e. The van der Waals surface area contributed by atoms with Crippen LogP contribution < -0.4 is 0 Å². The molecular formula is C10H13N3S. The molecule has 0 amide bonds. The van der Waals surface area contributed by atoms with Crippen LogP contribution in [0.5, 0.6) is 0 Å². The van der Waals surface area contributed by atoms with Crippen LogP contribution in [-0.2, 0) is 6.54 Å². The average Bonchev–Trinajstić information content (AvgIpc) is 2.61. The molecule has 0 saturated carbocycles. The summed E-state index contributed by atoms with van der Waals surface area (Å²) in [4.78, 5) is 4.41. The second-order valence-electron chi connectivity index (χ2n) is 3.44. The number of rotatable bonds is 2. The first-order valence-corrected chi connectivity index (χ1v) is 5.45. The van der Waals surface area contributed by atoms with Crippen molar-refractivity contribution < 1.29 is 0 Å². The van der Waals surface area contributed by atoms with Gasteiger partial charge in [-0.2, -0.15) is 5.10 Å². The zero-order valence-electron chi connectivity index (χ0n) is 8.61. The molecule has 0 aliphatic carbocycles. The molecule has 2 aromatic heterocycles. The summed E-state index contributed by atoms with van der Waals surface area (Å²) < 4.78 is 1.99. The lowest BCUT2D eigenvalue weighted by Gasteiger charge is -2.00. The Morgan fingerprint density at radius 1 is 1.36 bits per heavy atom. The quantitative estimate of drug-likeness (QED) is 0.756. The summed E-state index contributed by atoms with van der Waals surface area (Å²) >= 11 is 1.68. The van der Waals surface area contributed by atoms with Crippen LogP contribution in [0.4, 0.5) is 0 Å². The van der Waals surface area contributed by atoms with Gasteiger partial charge in [-0.05, 0) is 26.8 Å². The summed E-state index contributed by atoms with van der Waals surface area (Å²) in [5.41, 5.74) is 3.35. The first kappa shape index (κ1) is 9.40. The van der Waals surface area contributed by atoms with Crippen molar-refractivity contribution in [3.05, 3.63) is 33.5 Å². The van der Waals surface area contributed by atoms with E-state index in [2.05, 4.69) is 28.5 Å².